The van der Waals surface area contributed by atoms with Gasteiger partial charge in [-0.3, -0.25) is 0 Å². The maximum absolute atomic E-state index is 5.40. The minimum Gasteiger partial charge on any atom is -0.493 e. The highest BCUT2D eigenvalue weighted by Crippen LogP contribution is 2.27. The van der Waals surface area contributed by atoms with Crippen LogP contribution in [0.15, 0.2) is 53.5 Å². The number of nitrogens with one attached hydrogen (secondary N) is 2. The van der Waals surface area contributed by atoms with Gasteiger partial charge in [0.2, 0.25) is 0 Å². The van der Waals surface area contributed by atoms with E-state index in [-0.39, 0.29) is 24.0 Å². The van der Waals surface area contributed by atoms with Gasteiger partial charge in [0.25, 0.3) is 0 Å². The normalized spacial score (nSPS) is 10.9. The second-order valence-electron chi connectivity index (χ2n) is 7.09. The van der Waals surface area contributed by atoms with Crippen LogP contribution >= 0.6 is 24.0 Å². The largest absolute Gasteiger partial charge is 0.493 e. The number of aryl methyl sites for hydroxylation is 1. The summed E-state index contributed by atoms with van der Waals surface area (Å²) >= 11 is 0. The minimum atomic E-state index is 0. The molecule has 2 N–H and O–H groups in total. The fourth-order valence-corrected chi connectivity index (χ4v) is 3.06. The van der Waals surface area contributed by atoms with Crippen LogP contribution in [0.25, 0.3) is 0 Å². The van der Waals surface area contributed by atoms with Crippen LogP contribution in [-0.4, -0.2) is 41.5 Å². The van der Waals surface area contributed by atoms with Crippen molar-refractivity contribution in [2.45, 2.75) is 26.4 Å². The molecule has 0 saturated carbocycles. The van der Waals surface area contributed by atoms with Crippen molar-refractivity contribution in [3.8, 4) is 11.5 Å². The third-order valence-corrected chi connectivity index (χ3v) is 5.01. The van der Waals surface area contributed by atoms with E-state index in [4.69, 9.17) is 14.5 Å². The molecule has 0 unspecified atom stereocenters. The van der Waals surface area contributed by atoms with Crippen LogP contribution in [0.5, 0.6) is 11.5 Å². The third-order valence-electron chi connectivity index (χ3n) is 5.01. The molecule has 1 heterocycles. The molecular formula is C23H31IN6O2. The van der Waals surface area contributed by atoms with E-state index >= 15 is 0 Å². The summed E-state index contributed by atoms with van der Waals surface area (Å²) in [6, 6.07) is 16.1. The molecule has 0 spiro atoms. The first-order valence-corrected chi connectivity index (χ1v) is 10.2. The van der Waals surface area contributed by atoms with E-state index in [9.17, 15) is 0 Å². The monoisotopic (exact) mass is 550 g/mol. The second-order valence-corrected chi connectivity index (χ2v) is 7.09. The van der Waals surface area contributed by atoms with Crippen LogP contribution in [-0.2, 0) is 26.6 Å². The summed E-state index contributed by atoms with van der Waals surface area (Å²) in [5, 5.41) is 15.1. The van der Waals surface area contributed by atoms with Crippen LogP contribution in [0.2, 0.25) is 0 Å². The summed E-state index contributed by atoms with van der Waals surface area (Å²) in [6.45, 7) is 3.77. The van der Waals surface area contributed by atoms with Crippen LogP contribution in [0.3, 0.4) is 0 Å². The Kier molecular flexibility index (Phi) is 10.3. The Hall–Kier alpha value is -2.82. The number of methoxy groups -OCH3 is 2. The summed E-state index contributed by atoms with van der Waals surface area (Å²) < 4.78 is 12.7. The molecule has 0 aliphatic rings. The predicted molar refractivity (Wildman–Crippen MR) is 137 cm³/mol. The Bertz CT molecular complexity index is 1010. The number of hydrogen-bond acceptors (Lipinski definition) is 5. The maximum atomic E-state index is 5.40. The third kappa shape index (κ3) is 7.11. The van der Waals surface area contributed by atoms with E-state index in [1.54, 1.807) is 14.2 Å². The van der Waals surface area contributed by atoms with Crippen LogP contribution in [0, 0.1) is 6.92 Å². The van der Waals surface area contributed by atoms with Gasteiger partial charge in [0.05, 0.1) is 27.3 Å². The zero-order valence-electron chi connectivity index (χ0n) is 19.0. The first-order valence-electron chi connectivity index (χ1n) is 10.2. The standard InChI is InChI=1S/C23H30N6O2.HI/c1-17-27-28-22(29(17)2)16-26-23(25-15-19-8-6-5-7-9-19)24-13-12-18-10-11-20(30-3)21(14-18)31-4;/h5-11,14H,12-13,15-16H2,1-4H3,(H2,24,25,26);1H. The van der Waals surface area contributed by atoms with E-state index < -0.39 is 0 Å². The quantitative estimate of drug-likeness (QED) is 0.242. The van der Waals surface area contributed by atoms with Gasteiger partial charge in [-0.2, -0.15) is 0 Å². The number of guanidine groups is 1. The van der Waals surface area contributed by atoms with Crippen molar-refractivity contribution in [1.82, 2.24) is 25.4 Å². The molecule has 1 aromatic heterocycles. The lowest BCUT2D eigenvalue weighted by Gasteiger charge is -2.14. The van der Waals surface area contributed by atoms with Crippen LogP contribution < -0.4 is 20.1 Å². The number of halogens is 1. The fourth-order valence-electron chi connectivity index (χ4n) is 3.06. The molecule has 0 aliphatic carbocycles. The number of rotatable bonds is 9. The van der Waals surface area contributed by atoms with E-state index in [0.29, 0.717) is 19.6 Å². The highest BCUT2D eigenvalue weighted by atomic mass is 127. The number of aliphatic imine (C=N–C) groups is 1. The van der Waals surface area contributed by atoms with Gasteiger partial charge < -0.3 is 24.7 Å². The van der Waals surface area contributed by atoms with Crippen molar-refractivity contribution in [3.63, 3.8) is 0 Å². The summed E-state index contributed by atoms with van der Waals surface area (Å²) in [5.41, 5.74) is 2.30. The highest BCUT2D eigenvalue weighted by Gasteiger charge is 2.08. The summed E-state index contributed by atoms with van der Waals surface area (Å²) in [5.74, 6) is 3.91. The molecule has 32 heavy (non-hydrogen) atoms. The molecular weight excluding hydrogens is 519 g/mol. The predicted octanol–water partition coefficient (Wildman–Crippen LogP) is 3.24. The van der Waals surface area contributed by atoms with E-state index in [2.05, 4.69) is 33.0 Å². The van der Waals surface area contributed by atoms with Gasteiger partial charge in [0, 0.05) is 13.6 Å². The Morgan fingerprint density at radius 1 is 0.969 bits per heavy atom. The lowest BCUT2D eigenvalue weighted by molar-refractivity contribution is 0.354. The molecule has 0 atom stereocenters. The van der Waals surface area contributed by atoms with Crippen molar-refractivity contribution in [2.75, 3.05) is 20.8 Å². The number of ether oxygens (including phenoxy) is 2. The molecule has 0 bridgehead atoms. The van der Waals surface area contributed by atoms with Gasteiger partial charge in [0.15, 0.2) is 23.3 Å². The van der Waals surface area contributed by atoms with Crippen molar-refractivity contribution in [2.24, 2.45) is 12.0 Å². The summed E-state index contributed by atoms with van der Waals surface area (Å²) in [7, 11) is 5.24. The first kappa shape index (κ1) is 25.4. The highest BCUT2D eigenvalue weighted by molar-refractivity contribution is 14.0. The topological polar surface area (TPSA) is 85.6 Å². The van der Waals surface area contributed by atoms with E-state index in [1.165, 1.54) is 0 Å². The molecule has 0 saturated heterocycles. The number of nitrogens with zero attached hydrogens (tertiary/aromatic N) is 4. The first-order chi connectivity index (χ1) is 15.1. The Balaban J connectivity index is 0.00000363. The Morgan fingerprint density at radius 2 is 1.72 bits per heavy atom. The molecule has 0 aliphatic heterocycles. The van der Waals surface area contributed by atoms with E-state index in [1.807, 2.05) is 54.9 Å². The minimum absolute atomic E-state index is 0. The van der Waals surface area contributed by atoms with Crippen molar-refractivity contribution in [1.29, 1.82) is 0 Å². The van der Waals surface area contributed by atoms with Gasteiger partial charge >= 0.3 is 0 Å². The molecule has 3 rings (SSSR count). The molecule has 2 aromatic carbocycles. The molecule has 172 valence electrons. The van der Waals surface area contributed by atoms with Gasteiger partial charge in [0.1, 0.15) is 5.82 Å². The maximum Gasteiger partial charge on any atom is 0.191 e. The zero-order valence-corrected chi connectivity index (χ0v) is 21.3. The fraction of sp³-hybridized carbons (Fsp3) is 0.348. The Labute approximate surface area is 206 Å². The van der Waals surface area contributed by atoms with Crippen molar-refractivity contribution < 1.29 is 9.47 Å². The van der Waals surface area contributed by atoms with E-state index in [0.717, 1.165) is 46.7 Å². The molecule has 0 radical (unpaired) electrons. The average Bonchev–Trinajstić information content (AvgIpc) is 3.13. The molecule has 0 fully saturated rings. The lowest BCUT2D eigenvalue weighted by Crippen LogP contribution is -2.38. The Morgan fingerprint density at radius 3 is 2.38 bits per heavy atom. The summed E-state index contributed by atoms with van der Waals surface area (Å²) in [4.78, 5) is 4.73. The van der Waals surface area contributed by atoms with Crippen molar-refractivity contribution >= 4 is 29.9 Å². The number of hydrogen-bond donors (Lipinski definition) is 2. The second kappa shape index (κ2) is 12.9. The summed E-state index contributed by atoms with van der Waals surface area (Å²) in [6.07, 6.45) is 0.815. The average molecular weight is 550 g/mol. The SMILES string of the molecule is COc1ccc(CCNC(=NCc2ccccc2)NCc2nnc(C)n2C)cc1OC.I. The van der Waals surface area contributed by atoms with Crippen molar-refractivity contribution in [3.05, 3.63) is 71.3 Å². The number of benzene rings is 2. The molecule has 3 aromatic rings. The van der Waals surface area contributed by atoms with Gasteiger partial charge in [-0.1, -0.05) is 36.4 Å². The molecule has 0 amide bonds. The van der Waals surface area contributed by atoms with Crippen LogP contribution in [0.1, 0.15) is 22.8 Å². The van der Waals surface area contributed by atoms with Gasteiger partial charge in [-0.25, -0.2) is 4.99 Å². The molecule has 8 nitrogen and oxygen atoms in total. The lowest BCUT2D eigenvalue weighted by atomic mass is 10.1. The van der Waals surface area contributed by atoms with Gasteiger partial charge in [-0.05, 0) is 36.6 Å². The number of aromatic nitrogens is 3. The smallest absolute Gasteiger partial charge is 0.191 e. The zero-order chi connectivity index (χ0) is 22.1. The van der Waals surface area contributed by atoms with Gasteiger partial charge in [-0.15, -0.1) is 34.2 Å². The van der Waals surface area contributed by atoms with Crippen LogP contribution in [0.4, 0.5) is 0 Å². The molecule has 9 heteroatoms.